The number of para-hydroxylation sites is 2. The molecule has 2 aromatic rings. The van der Waals surface area contributed by atoms with E-state index in [1.807, 2.05) is 18.2 Å². The van der Waals surface area contributed by atoms with Crippen molar-refractivity contribution in [3.63, 3.8) is 0 Å². The van der Waals surface area contributed by atoms with E-state index in [0.29, 0.717) is 23.8 Å². The van der Waals surface area contributed by atoms with Crippen LogP contribution in [-0.4, -0.2) is 29.1 Å². The Morgan fingerprint density at radius 1 is 1.12 bits per heavy atom. The van der Waals surface area contributed by atoms with Crippen molar-refractivity contribution in [3.8, 4) is 0 Å². The maximum Gasteiger partial charge on any atom is 0.254 e. The Bertz CT molecular complexity index is 875. The van der Waals surface area contributed by atoms with Crippen molar-refractivity contribution in [2.75, 3.05) is 11.4 Å². The molecule has 2 aliphatic rings. The summed E-state index contributed by atoms with van der Waals surface area (Å²) in [5.74, 6) is 0.0940. The van der Waals surface area contributed by atoms with Gasteiger partial charge in [0.1, 0.15) is 12.4 Å². The van der Waals surface area contributed by atoms with Crippen molar-refractivity contribution in [1.29, 1.82) is 0 Å². The van der Waals surface area contributed by atoms with Crippen LogP contribution in [-0.2, 0) is 11.3 Å². The van der Waals surface area contributed by atoms with Gasteiger partial charge in [0.25, 0.3) is 5.91 Å². The highest BCUT2D eigenvalue weighted by Gasteiger charge is 2.34. The molecule has 0 radical (unpaired) electrons. The molecule has 0 aromatic heterocycles. The van der Waals surface area contributed by atoms with Crippen LogP contribution in [0, 0.1) is 5.82 Å². The molecule has 24 heavy (non-hydrogen) atoms. The number of hydrogen-bond acceptors (Lipinski definition) is 5. The molecule has 120 valence electrons. The fraction of sp³-hybridized carbons (Fsp3) is 0.118. The van der Waals surface area contributed by atoms with Crippen molar-refractivity contribution < 1.29 is 9.18 Å². The lowest BCUT2D eigenvalue weighted by atomic mass is 10.1. The van der Waals surface area contributed by atoms with Crippen molar-refractivity contribution in [1.82, 2.24) is 5.01 Å². The van der Waals surface area contributed by atoms with E-state index >= 15 is 0 Å². The third kappa shape index (κ3) is 2.40. The molecule has 0 saturated carbocycles. The first-order chi connectivity index (χ1) is 11.6. The van der Waals surface area contributed by atoms with Gasteiger partial charge in [0.15, 0.2) is 5.84 Å². The monoisotopic (exact) mass is 323 g/mol. The maximum atomic E-state index is 13.0. The standard InChI is InChI=1S/C17H14FN5O/c18-12-7-5-11(6-8-12)9-22-10-15(24)23-14-4-2-1-3-13(14)20-16(19)17(23)21-22/h1-8H,9-10H2,(H2,19,20). The molecule has 2 heterocycles. The Morgan fingerprint density at radius 3 is 2.67 bits per heavy atom. The van der Waals surface area contributed by atoms with Crippen LogP contribution in [0.1, 0.15) is 5.56 Å². The minimum Gasteiger partial charge on any atom is -0.381 e. The predicted molar refractivity (Wildman–Crippen MR) is 89.5 cm³/mol. The Morgan fingerprint density at radius 2 is 1.88 bits per heavy atom. The fourth-order valence-corrected chi connectivity index (χ4v) is 2.79. The average molecular weight is 323 g/mol. The van der Waals surface area contributed by atoms with Gasteiger partial charge >= 0.3 is 0 Å². The molecule has 0 fully saturated rings. The number of nitrogens with two attached hydrogens (primary N) is 1. The Balaban J connectivity index is 1.68. The van der Waals surface area contributed by atoms with Gasteiger partial charge in [-0.2, -0.15) is 5.10 Å². The number of amidine groups is 2. The molecule has 0 spiro atoms. The van der Waals surface area contributed by atoms with E-state index in [-0.39, 0.29) is 24.1 Å². The first-order valence-corrected chi connectivity index (χ1v) is 7.46. The molecular formula is C17H14FN5O. The lowest BCUT2D eigenvalue weighted by Crippen LogP contribution is -2.54. The molecule has 4 rings (SSSR count). The van der Waals surface area contributed by atoms with Gasteiger partial charge in [0, 0.05) is 0 Å². The van der Waals surface area contributed by atoms with Gasteiger partial charge in [-0.05, 0) is 29.8 Å². The second-order valence-electron chi connectivity index (χ2n) is 5.59. The second-order valence-corrected chi connectivity index (χ2v) is 5.59. The number of amides is 1. The minimum atomic E-state index is -0.300. The minimum absolute atomic E-state index is 0.114. The number of halogens is 1. The number of rotatable bonds is 2. The zero-order chi connectivity index (χ0) is 16.7. The summed E-state index contributed by atoms with van der Waals surface area (Å²) < 4.78 is 13.0. The maximum absolute atomic E-state index is 13.0. The van der Waals surface area contributed by atoms with Crippen LogP contribution < -0.4 is 10.6 Å². The van der Waals surface area contributed by atoms with Crippen LogP contribution in [0.3, 0.4) is 0 Å². The number of anilines is 1. The van der Waals surface area contributed by atoms with Crippen molar-refractivity contribution in [2.45, 2.75) is 6.54 Å². The summed E-state index contributed by atoms with van der Waals surface area (Å²) in [7, 11) is 0. The number of hydrogen-bond donors (Lipinski definition) is 1. The van der Waals surface area contributed by atoms with Gasteiger partial charge in [-0.3, -0.25) is 14.7 Å². The van der Waals surface area contributed by atoms with Crippen LogP contribution in [0.25, 0.3) is 0 Å². The van der Waals surface area contributed by atoms with Gasteiger partial charge in [-0.1, -0.05) is 24.3 Å². The molecule has 1 amide bonds. The van der Waals surface area contributed by atoms with E-state index < -0.39 is 0 Å². The zero-order valence-electron chi connectivity index (χ0n) is 12.7. The summed E-state index contributed by atoms with van der Waals surface area (Å²) >= 11 is 0. The molecule has 6 nitrogen and oxygen atoms in total. The van der Waals surface area contributed by atoms with Crippen LogP contribution in [0.4, 0.5) is 15.8 Å². The average Bonchev–Trinajstić information content (AvgIpc) is 2.57. The summed E-state index contributed by atoms with van der Waals surface area (Å²) in [4.78, 5) is 18.4. The van der Waals surface area contributed by atoms with E-state index in [1.54, 1.807) is 23.2 Å². The summed E-state index contributed by atoms with van der Waals surface area (Å²) in [6.07, 6.45) is 0. The van der Waals surface area contributed by atoms with E-state index in [9.17, 15) is 9.18 Å². The first kappa shape index (κ1) is 14.4. The number of benzene rings is 2. The third-order valence-corrected chi connectivity index (χ3v) is 3.89. The van der Waals surface area contributed by atoms with Gasteiger partial charge in [-0.15, -0.1) is 0 Å². The van der Waals surface area contributed by atoms with Gasteiger partial charge in [0.2, 0.25) is 5.84 Å². The molecule has 0 unspecified atom stereocenters. The van der Waals surface area contributed by atoms with E-state index in [4.69, 9.17) is 5.73 Å². The van der Waals surface area contributed by atoms with E-state index in [1.165, 1.54) is 17.0 Å². The van der Waals surface area contributed by atoms with Crippen molar-refractivity contribution in [2.24, 2.45) is 15.8 Å². The molecular weight excluding hydrogens is 309 g/mol. The van der Waals surface area contributed by atoms with Gasteiger partial charge in [-0.25, -0.2) is 9.38 Å². The predicted octanol–water partition coefficient (Wildman–Crippen LogP) is 1.99. The number of aliphatic imine (C=N–C) groups is 1. The summed E-state index contributed by atoms with van der Waals surface area (Å²) in [5, 5.41) is 6.07. The summed E-state index contributed by atoms with van der Waals surface area (Å²) in [5.41, 5.74) is 8.17. The van der Waals surface area contributed by atoms with Crippen molar-refractivity contribution in [3.05, 3.63) is 59.9 Å². The molecule has 2 aliphatic heterocycles. The summed E-state index contributed by atoms with van der Waals surface area (Å²) in [6, 6.07) is 13.4. The quantitative estimate of drug-likeness (QED) is 0.918. The third-order valence-electron chi connectivity index (χ3n) is 3.89. The highest BCUT2D eigenvalue weighted by Crippen LogP contribution is 2.33. The van der Waals surface area contributed by atoms with Crippen LogP contribution >= 0.6 is 0 Å². The van der Waals surface area contributed by atoms with Crippen molar-refractivity contribution >= 4 is 29.0 Å². The fourth-order valence-electron chi connectivity index (χ4n) is 2.79. The molecule has 2 N–H and O–H groups in total. The smallest absolute Gasteiger partial charge is 0.254 e. The highest BCUT2D eigenvalue weighted by atomic mass is 19.1. The Hall–Kier alpha value is -3.22. The van der Waals surface area contributed by atoms with E-state index in [2.05, 4.69) is 10.1 Å². The summed E-state index contributed by atoms with van der Waals surface area (Å²) in [6.45, 7) is 0.501. The number of fused-ring (bicyclic) bond motifs is 3. The zero-order valence-corrected chi connectivity index (χ0v) is 12.7. The molecule has 2 aromatic carbocycles. The normalized spacial score (nSPS) is 16.3. The first-order valence-electron chi connectivity index (χ1n) is 7.46. The lowest BCUT2D eigenvalue weighted by Gasteiger charge is -2.35. The topological polar surface area (TPSA) is 74.3 Å². The molecule has 7 heteroatoms. The Labute approximate surface area is 137 Å². The Kier molecular flexibility index (Phi) is 3.26. The number of carbonyl (C=O) groups excluding carboxylic acids is 1. The van der Waals surface area contributed by atoms with Gasteiger partial charge < -0.3 is 5.73 Å². The number of hydrazone groups is 1. The molecule has 0 saturated heterocycles. The van der Waals surface area contributed by atoms with E-state index in [0.717, 1.165) is 5.56 Å². The SMILES string of the molecule is NC1=Nc2ccccc2N2C(=O)CN(Cc3ccc(F)cc3)N=C12. The van der Waals surface area contributed by atoms with Gasteiger partial charge in [0.05, 0.1) is 17.9 Å². The number of carbonyl (C=O) groups is 1. The highest BCUT2D eigenvalue weighted by molar-refractivity contribution is 6.51. The molecule has 0 aliphatic carbocycles. The van der Waals surface area contributed by atoms with Crippen LogP contribution in [0.2, 0.25) is 0 Å². The second kappa shape index (κ2) is 5.45. The largest absolute Gasteiger partial charge is 0.381 e. The lowest BCUT2D eigenvalue weighted by molar-refractivity contribution is -0.119. The molecule has 0 bridgehead atoms. The molecule has 0 atom stereocenters. The number of nitrogens with zero attached hydrogens (tertiary/aromatic N) is 4. The van der Waals surface area contributed by atoms with Crippen LogP contribution in [0.5, 0.6) is 0 Å². The van der Waals surface area contributed by atoms with Crippen LogP contribution in [0.15, 0.2) is 58.6 Å².